The van der Waals surface area contributed by atoms with E-state index < -0.39 is 21.6 Å². The van der Waals surface area contributed by atoms with Crippen LogP contribution in [-0.2, 0) is 18.2 Å². The summed E-state index contributed by atoms with van der Waals surface area (Å²) in [6, 6.07) is 0. The summed E-state index contributed by atoms with van der Waals surface area (Å²) in [7, 11) is -9.37. The second-order valence-corrected chi connectivity index (χ2v) is 6.74. The molecule has 0 saturated heterocycles. The number of phosphoric acid groups is 1. The molecule has 1 amide bonds. The molecule has 0 saturated carbocycles. The first kappa shape index (κ1) is 15.8. The Morgan fingerprint density at radius 1 is 1.31 bits per heavy atom. The van der Waals surface area contributed by atoms with E-state index in [1.807, 2.05) is 0 Å². The summed E-state index contributed by atoms with van der Waals surface area (Å²) < 4.78 is 25.1. The first-order valence-electron chi connectivity index (χ1n) is 4.40. The van der Waals surface area contributed by atoms with Crippen LogP contribution >= 0.6 is 15.4 Å². The van der Waals surface area contributed by atoms with Gasteiger partial charge in [0.1, 0.15) is 0 Å². The van der Waals surface area contributed by atoms with Crippen molar-refractivity contribution < 1.29 is 32.9 Å². The number of amides is 1. The molecule has 0 aromatic heterocycles. The van der Waals surface area contributed by atoms with E-state index in [1.165, 1.54) is 0 Å². The monoisotopic (exact) mass is 275 g/mol. The molecule has 0 bridgehead atoms. The maximum atomic E-state index is 11.1. The van der Waals surface area contributed by atoms with E-state index in [9.17, 15) is 13.9 Å². The third-order valence-corrected chi connectivity index (χ3v) is 4.11. The van der Waals surface area contributed by atoms with Crippen LogP contribution in [0.4, 0.5) is 0 Å². The van der Waals surface area contributed by atoms with Crippen LogP contribution < -0.4 is 5.32 Å². The van der Waals surface area contributed by atoms with Crippen molar-refractivity contribution in [1.29, 1.82) is 0 Å². The number of rotatable bonds is 6. The Kier molecular flexibility index (Phi) is 5.82. The van der Waals surface area contributed by atoms with Crippen LogP contribution in [0, 0.1) is 5.92 Å². The Balaban J connectivity index is 4.07. The van der Waals surface area contributed by atoms with Crippen molar-refractivity contribution in [2.45, 2.75) is 13.8 Å². The summed E-state index contributed by atoms with van der Waals surface area (Å²) in [5, 5.41) is 2.32. The molecule has 16 heavy (non-hydrogen) atoms. The summed E-state index contributed by atoms with van der Waals surface area (Å²) in [6.45, 7) is 3.09. The topological polar surface area (TPSA) is 133 Å². The molecule has 0 aromatic rings. The van der Waals surface area contributed by atoms with Gasteiger partial charge in [-0.15, -0.1) is 0 Å². The quantitative estimate of drug-likeness (QED) is 0.503. The lowest BCUT2D eigenvalue weighted by Crippen LogP contribution is -2.30. The minimum Gasteiger partial charge on any atom is -0.355 e. The number of carbonyl (C=O) groups excluding carboxylic acids is 1. The average molecular weight is 275 g/mol. The van der Waals surface area contributed by atoms with Gasteiger partial charge in [-0.3, -0.25) is 9.36 Å². The van der Waals surface area contributed by atoms with Gasteiger partial charge in [0.15, 0.2) is 0 Å². The second-order valence-electron chi connectivity index (χ2n) is 3.38. The zero-order valence-corrected chi connectivity index (χ0v) is 10.6. The maximum Gasteiger partial charge on any atom is 0.476 e. The predicted molar refractivity (Wildman–Crippen MR) is 55.7 cm³/mol. The molecule has 0 heterocycles. The molecule has 0 aliphatic rings. The maximum absolute atomic E-state index is 11.1. The van der Waals surface area contributed by atoms with Gasteiger partial charge in [0, 0.05) is 12.5 Å². The van der Waals surface area contributed by atoms with Gasteiger partial charge in [0.05, 0.1) is 6.16 Å². The van der Waals surface area contributed by atoms with Crippen molar-refractivity contribution in [2.75, 3.05) is 12.7 Å². The van der Waals surface area contributed by atoms with Crippen LogP contribution in [0.25, 0.3) is 0 Å². The lowest BCUT2D eigenvalue weighted by atomic mass is 10.2. The molecule has 0 aliphatic carbocycles. The van der Waals surface area contributed by atoms with Gasteiger partial charge >= 0.3 is 15.4 Å². The smallest absolute Gasteiger partial charge is 0.355 e. The molecule has 0 aliphatic heterocycles. The summed E-state index contributed by atoms with van der Waals surface area (Å²) >= 11 is 0. The fourth-order valence-electron chi connectivity index (χ4n) is 0.732. The van der Waals surface area contributed by atoms with Crippen molar-refractivity contribution in [3.05, 3.63) is 0 Å². The third kappa shape index (κ3) is 7.98. The lowest BCUT2D eigenvalue weighted by molar-refractivity contribution is -0.123. The van der Waals surface area contributed by atoms with Crippen LogP contribution in [-0.4, -0.2) is 33.3 Å². The Labute approximate surface area is 92.8 Å². The van der Waals surface area contributed by atoms with E-state index in [2.05, 4.69) is 9.63 Å². The molecule has 0 radical (unpaired) electrons. The van der Waals surface area contributed by atoms with Gasteiger partial charge in [-0.1, -0.05) is 13.8 Å². The zero-order chi connectivity index (χ0) is 13.0. The second kappa shape index (κ2) is 5.91. The highest BCUT2D eigenvalue weighted by Crippen LogP contribution is 2.56. The molecular weight excluding hydrogens is 260 g/mol. The first-order chi connectivity index (χ1) is 7.03. The molecule has 4 N–H and O–H groups in total. The minimum absolute atomic E-state index is 0.190. The van der Waals surface area contributed by atoms with Gasteiger partial charge in [-0.2, -0.15) is 0 Å². The zero-order valence-electron chi connectivity index (χ0n) is 8.86. The van der Waals surface area contributed by atoms with Crippen molar-refractivity contribution >= 4 is 21.3 Å². The Morgan fingerprint density at radius 3 is 2.19 bits per heavy atom. The number of carbonyl (C=O) groups is 1. The predicted octanol–water partition coefficient (Wildman–Crippen LogP) is 0.0533. The third-order valence-electron chi connectivity index (χ3n) is 1.45. The Hall–Kier alpha value is -0.230. The Morgan fingerprint density at radius 2 is 1.81 bits per heavy atom. The van der Waals surface area contributed by atoms with Crippen LogP contribution in [0.5, 0.6) is 0 Å². The fraction of sp³-hybridized carbons (Fsp3) is 0.833. The summed E-state index contributed by atoms with van der Waals surface area (Å²) in [5.41, 5.74) is 0. The molecule has 1 unspecified atom stereocenters. The van der Waals surface area contributed by atoms with E-state index in [0.29, 0.717) is 0 Å². The SMILES string of the molecule is CC(C)C(=O)NCCP(=O)(O)OP(=O)(O)O. The van der Waals surface area contributed by atoms with Crippen molar-refractivity contribution in [2.24, 2.45) is 5.92 Å². The van der Waals surface area contributed by atoms with Crippen LogP contribution in [0.1, 0.15) is 13.8 Å². The van der Waals surface area contributed by atoms with E-state index in [4.69, 9.17) is 14.7 Å². The van der Waals surface area contributed by atoms with E-state index in [0.717, 1.165) is 0 Å². The van der Waals surface area contributed by atoms with Gasteiger partial charge < -0.3 is 20.0 Å². The van der Waals surface area contributed by atoms with Gasteiger partial charge in [0.25, 0.3) is 0 Å². The van der Waals surface area contributed by atoms with Crippen LogP contribution in [0.2, 0.25) is 0 Å². The highest BCUT2D eigenvalue weighted by Gasteiger charge is 2.30. The van der Waals surface area contributed by atoms with Gasteiger partial charge in [0.2, 0.25) is 5.91 Å². The number of hydrogen-bond donors (Lipinski definition) is 4. The average Bonchev–Trinajstić information content (AvgIpc) is 1.98. The first-order valence-corrected chi connectivity index (χ1v) is 7.69. The summed E-state index contributed by atoms with van der Waals surface area (Å²) in [5.74, 6) is -0.600. The standard InChI is InChI=1S/C6H15NO7P2/c1-5(2)6(8)7-3-4-15(9,10)14-16(11,12)13/h5H,3-4H2,1-2H3,(H,7,8)(H,9,10)(H2,11,12,13). The number of hydrogen-bond acceptors (Lipinski definition) is 4. The minimum atomic E-state index is -5.00. The molecule has 1 atom stereocenters. The number of nitrogens with one attached hydrogen (secondary N) is 1. The summed E-state index contributed by atoms with van der Waals surface area (Å²) in [6.07, 6.45) is -0.559. The molecular formula is C6H15NO7P2. The van der Waals surface area contributed by atoms with Gasteiger partial charge in [-0.05, 0) is 0 Å². The van der Waals surface area contributed by atoms with Crippen molar-refractivity contribution in [1.82, 2.24) is 5.32 Å². The largest absolute Gasteiger partial charge is 0.476 e. The van der Waals surface area contributed by atoms with Crippen LogP contribution in [0.3, 0.4) is 0 Å². The molecule has 96 valence electrons. The molecule has 10 heteroatoms. The highest BCUT2D eigenvalue weighted by molar-refractivity contribution is 7.63. The molecule has 0 rings (SSSR count). The van der Waals surface area contributed by atoms with E-state index in [-0.39, 0.29) is 18.4 Å². The Bertz CT molecular complexity index is 336. The lowest BCUT2D eigenvalue weighted by Gasteiger charge is -2.13. The molecule has 0 spiro atoms. The van der Waals surface area contributed by atoms with E-state index in [1.54, 1.807) is 13.8 Å². The molecule has 8 nitrogen and oxygen atoms in total. The van der Waals surface area contributed by atoms with Crippen LogP contribution in [0.15, 0.2) is 0 Å². The molecule has 0 fully saturated rings. The van der Waals surface area contributed by atoms with E-state index >= 15 is 0 Å². The highest BCUT2D eigenvalue weighted by atomic mass is 31.3. The fourth-order valence-corrected chi connectivity index (χ4v) is 2.78. The summed E-state index contributed by atoms with van der Waals surface area (Å²) in [4.78, 5) is 36.7. The normalized spacial score (nSPS) is 15.9. The van der Waals surface area contributed by atoms with Crippen molar-refractivity contribution in [3.8, 4) is 0 Å². The molecule has 0 aromatic carbocycles. The van der Waals surface area contributed by atoms with Gasteiger partial charge in [-0.25, -0.2) is 8.88 Å². The van der Waals surface area contributed by atoms with Crippen molar-refractivity contribution in [3.63, 3.8) is 0 Å².